The van der Waals surface area contributed by atoms with Gasteiger partial charge in [0, 0.05) is 19.2 Å². The molecule has 0 saturated carbocycles. The van der Waals surface area contributed by atoms with E-state index in [-0.39, 0.29) is 5.91 Å². The van der Waals surface area contributed by atoms with Gasteiger partial charge in [0.25, 0.3) is 0 Å². The van der Waals surface area contributed by atoms with Gasteiger partial charge in [-0.05, 0) is 18.1 Å². The number of nitrogens with one attached hydrogen (secondary N) is 1. The monoisotopic (exact) mass is 209 g/mol. The highest BCUT2D eigenvalue weighted by Gasteiger charge is 2.12. The van der Waals surface area contributed by atoms with Gasteiger partial charge in [-0.3, -0.25) is 4.79 Å². The molecule has 84 valence electrons. The lowest BCUT2D eigenvalue weighted by atomic mass is 10.0. The molecule has 0 fully saturated rings. The van der Waals surface area contributed by atoms with Gasteiger partial charge in [-0.15, -0.1) is 0 Å². The molecule has 3 nitrogen and oxygen atoms in total. The van der Waals surface area contributed by atoms with Crippen LogP contribution in [0, 0.1) is 0 Å². The number of anilines is 1. The summed E-state index contributed by atoms with van der Waals surface area (Å²) in [6, 6.07) is 7.92. The molecular weight excluding hydrogens is 190 g/mol. The minimum absolute atomic E-state index is 0.128. The Labute approximate surface area is 91.1 Å². The number of hydrogen-bond donors (Lipinski definition) is 2. The molecule has 1 aliphatic rings. The molecule has 1 aromatic carbocycles. The van der Waals surface area contributed by atoms with E-state index in [9.17, 15) is 4.79 Å². The number of carbonyl (C=O) groups excluding carboxylic acids is 1. The molecule has 0 aromatic heterocycles. The molecule has 0 aliphatic carbocycles. The lowest BCUT2D eigenvalue weighted by Crippen LogP contribution is -2.18. The minimum atomic E-state index is 0.128. The highest BCUT2D eigenvalue weighted by molar-refractivity contribution is 5.93. The summed E-state index contributed by atoms with van der Waals surface area (Å²) in [5, 5.41) is 9.82. The van der Waals surface area contributed by atoms with E-state index in [1.807, 2.05) is 32.0 Å². The van der Waals surface area contributed by atoms with E-state index in [1.165, 1.54) is 5.56 Å². The summed E-state index contributed by atoms with van der Waals surface area (Å²) < 4.78 is 0. The zero-order chi connectivity index (χ0) is 11.7. The van der Waals surface area contributed by atoms with Gasteiger partial charge >= 0.3 is 0 Å². The first-order valence-electron chi connectivity index (χ1n) is 5.19. The Bertz CT molecular complexity index is 297. The molecule has 0 unspecified atom stereocenters. The van der Waals surface area contributed by atoms with Crippen LogP contribution in [0.5, 0.6) is 0 Å². The average Bonchev–Trinajstić information content (AvgIpc) is 2.34. The third kappa shape index (κ3) is 4.13. The predicted octanol–water partition coefficient (Wildman–Crippen LogP) is 2.21. The molecule has 0 spiro atoms. The molecule has 15 heavy (non-hydrogen) atoms. The highest BCUT2D eigenvalue weighted by atomic mass is 16.2. The molecule has 0 saturated heterocycles. The van der Waals surface area contributed by atoms with Crippen LogP contribution in [-0.2, 0) is 11.2 Å². The number of benzene rings is 1. The number of aryl methyl sites for hydroxylation is 1. The van der Waals surface area contributed by atoms with Crippen LogP contribution in [0.25, 0.3) is 0 Å². The fraction of sp³-hybridized carbons (Fsp3) is 0.417. The number of carbonyl (C=O) groups is 1. The van der Waals surface area contributed by atoms with E-state index < -0.39 is 0 Å². The lowest BCUT2D eigenvalue weighted by Gasteiger charge is -2.15. The Balaban J connectivity index is 0.000000442. The standard InChI is InChI=1S/C9H9NO.C2H6.CH4O/c11-9-6-5-7-3-1-2-4-8(7)10-9;2*1-2/h1-4H,5-6H2,(H,10,11);1-2H3;2H,1H3. The maximum atomic E-state index is 10.9. The van der Waals surface area contributed by atoms with Crippen LogP contribution in [0.3, 0.4) is 0 Å². The maximum absolute atomic E-state index is 10.9. The van der Waals surface area contributed by atoms with Gasteiger partial charge in [-0.1, -0.05) is 32.0 Å². The van der Waals surface area contributed by atoms with Gasteiger partial charge in [-0.25, -0.2) is 0 Å². The van der Waals surface area contributed by atoms with Crippen molar-refractivity contribution in [3.63, 3.8) is 0 Å². The summed E-state index contributed by atoms with van der Waals surface area (Å²) in [6.07, 6.45) is 1.50. The fourth-order valence-electron chi connectivity index (χ4n) is 1.32. The van der Waals surface area contributed by atoms with E-state index in [1.54, 1.807) is 0 Å². The number of fused-ring (bicyclic) bond motifs is 1. The fourth-order valence-corrected chi connectivity index (χ4v) is 1.32. The zero-order valence-electron chi connectivity index (χ0n) is 9.58. The summed E-state index contributed by atoms with van der Waals surface area (Å²) in [6.45, 7) is 4.00. The van der Waals surface area contributed by atoms with E-state index in [0.717, 1.165) is 19.2 Å². The topological polar surface area (TPSA) is 49.3 Å². The SMILES string of the molecule is CC.CO.O=C1CCc2ccccc2N1. The second-order valence-corrected chi connectivity index (χ2v) is 2.71. The van der Waals surface area contributed by atoms with Gasteiger partial charge in [0.2, 0.25) is 5.91 Å². The average molecular weight is 209 g/mol. The van der Waals surface area contributed by atoms with Crippen molar-refractivity contribution in [3.05, 3.63) is 29.8 Å². The third-order valence-corrected chi connectivity index (χ3v) is 1.91. The molecule has 1 amide bonds. The normalized spacial score (nSPS) is 12.1. The van der Waals surface area contributed by atoms with E-state index in [4.69, 9.17) is 5.11 Å². The number of hydrogen-bond acceptors (Lipinski definition) is 2. The van der Waals surface area contributed by atoms with E-state index in [0.29, 0.717) is 6.42 Å². The largest absolute Gasteiger partial charge is 0.400 e. The van der Waals surface area contributed by atoms with Gasteiger partial charge < -0.3 is 10.4 Å². The van der Waals surface area contributed by atoms with Crippen LogP contribution in [-0.4, -0.2) is 18.1 Å². The van der Waals surface area contributed by atoms with Crippen LogP contribution < -0.4 is 5.32 Å². The van der Waals surface area contributed by atoms with E-state index in [2.05, 4.69) is 11.4 Å². The van der Waals surface area contributed by atoms with Gasteiger partial charge in [0.05, 0.1) is 0 Å². The van der Waals surface area contributed by atoms with Crippen LogP contribution in [0.1, 0.15) is 25.8 Å². The van der Waals surface area contributed by atoms with Crippen LogP contribution >= 0.6 is 0 Å². The summed E-state index contributed by atoms with van der Waals surface area (Å²) in [5.41, 5.74) is 2.22. The Morgan fingerprint density at radius 3 is 2.40 bits per heavy atom. The van der Waals surface area contributed by atoms with Gasteiger partial charge in [0.15, 0.2) is 0 Å². The highest BCUT2D eigenvalue weighted by Crippen LogP contribution is 2.20. The molecule has 0 bridgehead atoms. The molecule has 1 aliphatic heterocycles. The second-order valence-electron chi connectivity index (χ2n) is 2.71. The summed E-state index contributed by atoms with van der Waals surface area (Å²) in [4.78, 5) is 10.9. The van der Waals surface area contributed by atoms with Crippen LogP contribution in [0.4, 0.5) is 5.69 Å². The van der Waals surface area contributed by atoms with Crippen molar-refractivity contribution in [2.24, 2.45) is 0 Å². The molecule has 1 heterocycles. The summed E-state index contributed by atoms with van der Waals surface area (Å²) in [5.74, 6) is 0.128. The van der Waals surface area contributed by atoms with Crippen molar-refractivity contribution in [2.75, 3.05) is 12.4 Å². The van der Waals surface area contributed by atoms with Crippen LogP contribution in [0.2, 0.25) is 0 Å². The van der Waals surface area contributed by atoms with Crippen molar-refractivity contribution in [1.29, 1.82) is 0 Å². The van der Waals surface area contributed by atoms with Gasteiger partial charge in [0.1, 0.15) is 0 Å². The van der Waals surface area contributed by atoms with Crippen molar-refractivity contribution in [3.8, 4) is 0 Å². The van der Waals surface area contributed by atoms with Crippen molar-refractivity contribution >= 4 is 11.6 Å². The Hall–Kier alpha value is -1.35. The molecule has 0 atom stereocenters. The Kier molecular flexibility index (Phi) is 7.28. The second kappa shape index (κ2) is 8.00. The van der Waals surface area contributed by atoms with Gasteiger partial charge in [-0.2, -0.15) is 0 Å². The smallest absolute Gasteiger partial charge is 0.224 e. The van der Waals surface area contributed by atoms with Crippen molar-refractivity contribution in [1.82, 2.24) is 0 Å². The minimum Gasteiger partial charge on any atom is -0.400 e. The quantitative estimate of drug-likeness (QED) is 0.688. The maximum Gasteiger partial charge on any atom is 0.224 e. The summed E-state index contributed by atoms with van der Waals surface area (Å²) >= 11 is 0. The van der Waals surface area contributed by atoms with Crippen molar-refractivity contribution < 1.29 is 9.90 Å². The van der Waals surface area contributed by atoms with Crippen molar-refractivity contribution in [2.45, 2.75) is 26.7 Å². The number of para-hydroxylation sites is 1. The number of amides is 1. The Morgan fingerprint density at radius 2 is 1.73 bits per heavy atom. The third-order valence-electron chi connectivity index (χ3n) is 1.91. The predicted molar refractivity (Wildman–Crippen MR) is 62.9 cm³/mol. The molecular formula is C12H19NO2. The molecule has 2 rings (SSSR count). The Morgan fingerprint density at radius 1 is 1.13 bits per heavy atom. The first-order chi connectivity index (χ1) is 7.36. The molecule has 2 N–H and O–H groups in total. The number of aliphatic hydroxyl groups excluding tert-OH is 1. The molecule has 3 heteroatoms. The van der Waals surface area contributed by atoms with Crippen LogP contribution in [0.15, 0.2) is 24.3 Å². The summed E-state index contributed by atoms with van der Waals surface area (Å²) in [7, 11) is 1.00. The first kappa shape index (κ1) is 13.7. The zero-order valence-corrected chi connectivity index (χ0v) is 9.58. The van der Waals surface area contributed by atoms with E-state index >= 15 is 0 Å². The molecule has 0 radical (unpaired) electrons. The molecule has 1 aromatic rings. The number of rotatable bonds is 0. The number of aliphatic hydroxyl groups is 1. The first-order valence-corrected chi connectivity index (χ1v) is 5.19. The lowest BCUT2D eigenvalue weighted by molar-refractivity contribution is -0.116.